The van der Waals surface area contributed by atoms with Crippen LogP contribution in [0.5, 0.6) is 5.75 Å². The number of rotatable bonds is 6. The van der Waals surface area contributed by atoms with Crippen molar-refractivity contribution in [2.45, 2.75) is 13.5 Å². The molecule has 2 N–H and O–H groups in total. The summed E-state index contributed by atoms with van der Waals surface area (Å²) in [5.41, 5.74) is 1.67. The van der Waals surface area contributed by atoms with Gasteiger partial charge in [0.05, 0.1) is 6.54 Å². The second kappa shape index (κ2) is 8.22. The number of carbonyl (C=O) groups excluding carboxylic acids is 2. The molecule has 0 spiro atoms. The molecule has 0 unspecified atom stereocenters. The Kier molecular flexibility index (Phi) is 5.56. The fourth-order valence-electron chi connectivity index (χ4n) is 2.57. The van der Waals surface area contributed by atoms with Crippen molar-refractivity contribution in [3.05, 3.63) is 66.5 Å². The van der Waals surface area contributed by atoms with Crippen molar-refractivity contribution in [1.29, 1.82) is 0 Å². The van der Waals surface area contributed by atoms with Gasteiger partial charge in [-0.05, 0) is 41.3 Å². The maximum Gasteiger partial charge on any atom is 0.308 e. The molecule has 0 radical (unpaired) electrons. The average molecular weight is 349 g/mol. The minimum absolute atomic E-state index is 0.130. The third-order valence-electron chi connectivity index (χ3n) is 3.70. The van der Waals surface area contributed by atoms with Gasteiger partial charge in [0.1, 0.15) is 5.75 Å². The largest absolute Gasteiger partial charge is 0.427 e. The molecule has 1 heterocycles. The highest BCUT2D eigenvalue weighted by molar-refractivity contribution is 5.95. The molecule has 0 aliphatic heterocycles. The maximum absolute atomic E-state index is 12.1. The van der Waals surface area contributed by atoms with Crippen LogP contribution in [-0.4, -0.2) is 23.4 Å². The van der Waals surface area contributed by atoms with E-state index in [1.54, 1.807) is 30.6 Å². The number of fused-ring (bicyclic) bond motifs is 1. The summed E-state index contributed by atoms with van der Waals surface area (Å²) in [6.07, 6.45) is 3.51. The van der Waals surface area contributed by atoms with Crippen LogP contribution in [0, 0.1) is 0 Å². The van der Waals surface area contributed by atoms with E-state index in [1.165, 1.54) is 6.92 Å². The Balaban J connectivity index is 1.51. The molecule has 1 aromatic heterocycles. The molecule has 0 saturated heterocycles. The zero-order valence-corrected chi connectivity index (χ0v) is 14.4. The summed E-state index contributed by atoms with van der Waals surface area (Å²) in [7, 11) is 0. The van der Waals surface area contributed by atoms with Gasteiger partial charge in [-0.25, -0.2) is 0 Å². The molecule has 2 aromatic carbocycles. The van der Waals surface area contributed by atoms with Crippen LogP contribution < -0.4 is 15.4 Å². The summed E-state index contributed by atoms with van der Waals surface area (Å²) >= 11 is 0. The zero-order chi connectivity index (χ0) is 18.4. The van der Waals surface area contributed by atoms with E-state index in [9.17, 15) is 9.59 Å². The van der Waals surface area contributed by atoms with Crippen molar-refractivity contribution < 1.29 is 14.3 Å². The SMILES string of the molecule is CC(=O)Oc1cccc(CNCC(=O)Nc2ccc3cnccc3c2)c1. The third kappa shape index (κ3) is 4.87. The number of nitrogens with one attached hydrogen (secondary N) is 2. The van der Waals surface area contributed by atoms with Gasteiger partial charge in [0.2, 0.25) is 5.91 Å². The molecule has 6 heteroatoms. The molecule has 26 heavy (non-hydrogen) atoms. The van der Waals surface area contributed by atoms with Crippen molar-refractivity contribution in [3.63, 3.8) is 0 Å². The highest BCUT2D eigenvalue weighted by atomic mass is 16.5. The van der Waals surface area contributed by atoms with Crippen molar-refractivity contribution in [2.75, 3.05) is 11.9 Å². The number of nitrogens with zero attached hydrogens (tertiary/aromatic N) is 1. The number of ether oxygens (including phenoxy) is 1. The van der Waals surface area contributed by atoms with Gasteiger partial charge in [-0.3, -0.25) is 14.6 Å². The highest BCUT2D eigenvalue weighted by Crippen LogP contribution is 2.18. The Hall–Kier alpha value is -3.25. The molecule has 0 aliphatic carbocycles. The lowest BCUT2D eigenvalue weighted by Gasteiger charge is -2.09. The van der Waals surface area contributed by atoms with Crippen LogP contribution >= 0.6 is 0 Å². The summed E-state index contributed by atoms with van der Waals surface area (Å²) < 4.78 is 5.05. The number of carbonyl (C=O) groups is 2. The molecule has 3 rings (SSSR count). The smallest absolute Gasteiger partial charge is 0.308 e. The lowest BCUT2D eigenvalue weighted by molar-refractivity contribution is -0.131. The Bertz CT molecular complexity index is 940. The first-order valence-electron chi connectivity index (χ1n) is 8.22. The summed E-state index contributed by atoms with van der Waals surface area (Å²) in [6.45, 7) is 2.02. The van der Waals surface area contributed by atoms with Crippen molar-refractivity contribution in [1.82, 2.24) is 10.3 Å². The van der Waals surface area contributed by atoms with E-state index in [-0.39, 0.29) is 18.4 Å². The molecule has 3 aromatic rings. The number of amides is 1. The number of anilines is 1. The number of esters is 1. The van der Waals surface area contributed by atoms with E-state index in [4.69, 9.17) is 4.74 Å². The van der Waals surface area contributed by atoms with Gasteiger partial charge < -0.3 is 15.4 Å². The molecule has 0 aliphatic rings. The Labute approximate surface area is 151 Å². The van der Waals surface area contributed by atoms with Crippen molar-refractivity contribution in [3.8, 4) is 5.75 Å². The van der Waals surface area contributed by atoms with Crippen molar-refractivity contribution >= 4 is 28.3 Å². The van der Waals surface area contributed by atoms with Crippen LogP contribution in [0.15, 0.2) is 60.9 Å². The van der Waals surface area contributed by atoms with Gasteiger partial charge in [0.25, 0.3) is 0 Å². The first kappa shape index (κ1) is 17.6. The third-order valence-corrected chi connectivity index (χ3v) is 3.70. The van der Waals surface area contributed by atoms with Gasteiger partial charge >= 0.3 is 5.97 Å². The quantitative estimate of drug-likeness (QED) is 0.528. The fourth-order valence-corrected chi connectivity index (χ4v) is 2.57. The van der Waals surface area contributed by atoms with E-state index in [0.29, 0.717) is 12.3 Å². The molecule has 6 nitrogen and oxygen atoms in total. The van der Waals surface area contributed by atoms with Gasteiger partial charge in [0.15, 0.2) is 0 Å². The molecule has 0 saturated carbocycles. The number of benzene rings is 2. The molecule has 0 fully saturated rings. The summed E-state index contributed by atoms with van der Waals surface area (Å²) in [6, 6.07) is 14.8. The molecular formula is C20H19N3O3. The molecular weight excluding hydrogens is 330 g/mol. The van der Waals surface area contributed by atoms with Crippen LogP contribution in [0.4, 0.5) is 5.69 Å². The van der Waals surface area contributed by atoms with E-state index in [1.807, 2.05) is 30.3 Å². The summed E-state index contributed by atoms with van der Waals surface area (Å²) in [5, 5.41) is 7.99. The molecule has 0 atom stereocenters. The summed E-state index contributed by atoms with van der Waals surface area (Å²) in [5.74, 6) is 0.00195. The highest BCUT2D eigenvalue weighted by Gasteiger charge is 2.04. The normalized spacial score (nSPS) is 10.5. The van der Waals surface area contributed by atoms with E-state index >= 15 is 0 Å². The second-order valence-electron chi connectivity index (χ2n) is 5.83. The van der Waals surface area contributed by atoms with Gasteiger partial charge in [-0.2, -0.15) is 0 Å². The predicted octanol–water partition coefficient (Wildman–Crippen LogP) is 2.89. The molecule has 1 amide bonds. The van der Waals surface area contributed by atoms with E-state index in [0.717, 1.165) is 22.0 Å². The Morgan fingerprint density at radius 1 is 1.08 bits per heavy atom. The zero-order valence-electron chi connectivity index (χ0n) is 14.4. The lowest BCUT2D eigenvalue weighted by atomic mass is 10.1. The van der Waals surface area contributed by atoms with E-state index in [2.05, 4.69) is 15.6 Å². The van der Waals surface area contributed by atoms with Crippen molar-refractivity contribution in [2.24, 2.45) is 0 Å². The second-order valence-corrected chi connectivity index (χ2v) is 5.83. The maximum atomic E-state index is 12.1. The molecule has 132 valence electrons. The standard InChI is InChI=1S/C20H19N3O3/c1-14(24)26-19-4-2-3-15(9-19)11-22-13-20(25)23-18-6-5-17-12-21-8-7-16(17)10-18/h2-10,12,22H,11,13H2,1H3,(H,23,25). The van der Waals surface area contributed by atoms with E-state index < -0.39 is 0 Å². The number of pyridine rings is 1. The molecule has 0 bridgehead atoms. The minimum atomic E-state index is -0.361. The predicted molar refractivity (Wildman–Crippen MR) is 99.8 cm³/mol. The first-order valence-corrected chi connectivity index (χ1v) is 8.22. The van der Waals surface area contributed by atoms with Crippen LogP contribution in [0.2, 0.25) is 0 Å². The van der Waals surface area contributed by atoms with Crippen LogP contribution in [-0.2, 0) is 16.1 Å². The monoisotopic (exact) mass is 349 g/mol. The Morgan fingerprint density at radius 2 is 1.96 bits per heavy atom. The van der Waals surface area contributed by atoms with Gasteiger partial charge in [-0.15, -0.1) is 0 Å². The minimum Gasteiger partial charge on any atom is -0.427 e. The summed E-state index contributed by atoms with van der Waals surface area (Å²) in [4.78, 5) is 27.2. The Morgan fingerprint density at radius 3 is 2.81 bits per heavy atom. The number of aromatic nitrogens is 1. The number of hydrogen-bond donors (Lipinski definition) is 2. The van der Waals surface area contributed by atoms with Crippen LogP contribution in [0.3, 0.4) is 0 Å². The topological polar surface area (TPSA) is 80.3 Å². The van der Waals surface area contributed by atoms with Crippen LogP contribution in [0.1, 0.15) is 12.5 Å². The lowest BCUT2D eigenvalue weighted by Crippen LogP contribution is -2.27. The first-order chi connectivity index (χ1) is 12.6. The number of hydrogen-bond acceptors (Lipinski definition) is 5. The van der Waals surface area contributed by atoms with Gasteiger partial charge in [0, 0.05) is 36.9 Å². The fraction of sp³-hybridized carbons (Fsp3) is 0.150. The van der Waals surface area contributed by atoms with Gasteiger partial charge in [-0.1, -0.05) is 18.2 Å². The van der Waals surface area contributed by atoms with Crippen LogP contribution in [0.25, 0.3) is 10.8 Å². The average Bonchev–Trinajstić information content (AvgIpc) is 2.61.